The van der Waals surface area contributed by atoms with Gasteiger partial charge in [-0.3, -0.25) is 0 Å². The second-order valence-electron chi connectivity index (χ2n) is 20.4. The quantitative estimate of drug-likeness (QED) is 0.164. The molecule has 73 heavy (non-hydrogen) atoms. The average Bonchev–Trinajstić information content (AvgIpc) is 4.23. The lowest BCUT2D eigenvalue weighted by molar-refractivity contribution is 0.660. The maximum absolute atomic E-state index is 2.58. The molecule has 11 aromatic carbocycles. The Kier molecular flexibility index (Phi) is 8.20. The summed E-state index contributed by atoms with van der Waals surface area (Å²) < 4.78 is 10.0. The fraction of sp³-hybridized carbons (Fsp3) is 0.0435. The van der Waals surface area contributed by atoms with Crippen LogP contribution >= 0.6 is 0 Å². The van der Waals surface area contributed by atoms with E-state index in [1.807, 2.05) is 0 Å². The topological polar surface area (TPSA) is 19.7 Å². The van der Waals surface area contributed by atoms with Gasteiger partial charge in [-0.2, -0.15) is 0 Å². The molecule has 0 saturated carbocycles. The molecule has 0 fully saturated rings. The van der Waals surface area contributed by atoms with E-state index in [0.717, 1.165) is 17.1 Å². The van der Waals surface area contributed by atoms with Crippen LogP contribution in [0, 0.1) is 0 Å². The van der Waals surface area contributed by atoms with Crippen LogP contribution in [0.2, 0.25) is 0 Å². The van der Waals surface area contributed by atoms with Gasteiger partial charge in [0.25, 0.3) is 0 Å². The highest BCUT2D eigenvalue weighted by Gasteiger charge is 2.38. The zero-order valence-electron chi connectivity index (χ0n) is 40.4. The monoisotopic (exact) mass is 930 g/mol. The third-order valence-corrected chi connectivity index (χ3v) is 16.3. The predicted octanol–water partition coefficient (Wildman–Crippen LogP) is 18.0. The maximum atomic E-state index is 2.58. The number of para-hydroxylation sites is 6. The number of aromatic nitrogens is 4. The molecule has 0 radical (unpaired) electrons. The van der Waals surface area contributed by atoms with Crippen LogP contribution in [-0.4, -0.2) is 18.3 Å². The second kappa shape index (κ2) is 14.8. The van der Waals surface area contributed by atoms with Crippen LogP contribution in [-0.2, 0) is 5.41 Å². The molecular formula is C69H46N4. The van der Waals surface area contributed by atoms with Gasteiger partial charge in [0.15, 0.2) is 0 Å². The molecule has 1 aliphatic carbocycles. The van der Waals surface area contributed by atoms with Crippen LogP contribution in [0.15, 0.2) is 243 Å². The predicted molar refractivity (Wildman–Crippen MR) is 307 cm³/mol. The van der Waals surface area contributed by atoms with Crippen molar-refractivity contribution in [2.24, 2.45) is 0 Å². The van der Waals surface area contributed by atoms with Crippen LogP contribution in [0.1, 0.15) is 25.0 Å². The van der Waals surface area contributed by atoms with Crippen LogP contribution in [0.4, 0.5) is 0 Å². The molecule has 0 bridgehead atoms. The van der Waals surface area contributed by atoms with E-state index in [0.29, 0.717) is 0 Å². The first-order chi connectivity index (χ1) is 36.0. The lowest BCUT2D eigenvalue weighted by Gasteiger charge is -2.22. The summed E-state index contributed by atoms with van der Waals surface area (Å²) in [6, 6.07) is 90.0. The van der Waals surface area contributed by atoms with Crippen LogP contribution in [0.25, 0.3) is 132 Å². The molecule has 0 aliphatic heterocycles. The van der Waals surface area contributed by atoms with Gasteiger partial charge in [-0.1, -0.05) is 178 Å². The summed E-state index contributed by atoms with van der Waals surface area (Å²) in [6.07, 6.45) is 0. The third kappa shape index (κ3) is 5.44. The van der Waals surface area contributed by atoms with E-state index in [-0.39, 0.29) is 5.41 Å². The van der Waals surface area contributed by atoms with E-state index in [2.05, 4.69) is 275 Å². The number of nitrogens with zero attached hydrogens (tertiary/aromatic N) is 4. The van der Waals surface area contributed by atoms with Crippen LogP contribution in [0.5, 0.6) is 0 Å². The summed E-state index contributed by atoms with van der Waals surface area (Å²) in [7, 11) is 0. The molecule has 1 aliphatic rings. The molecule has 342 valence electrons. The van der Waals surface area contributed by atoms with E-state index >= 15 is 0 Å². The van der Waals surface area contributed by atoms with Crippen molar-refractivity contribution in [3.63, 3.8) is 0 Å². The summed E-state index contributed by atoms with van der Waals surface area (Å²) in [5.74, 6) is 0. The Morgan fingerprint density at radius 2 is 0.671 bits per heavy atom. The number of hydrogen-bond acceptors (Lipinski definition) is 0. The van der Waals surface area contributed by atoms with Crippen LogP contribution in [0.3, 0.4) is 0 Å². The van der Waals surface area contributed by atoms with Gasteiger partial charge in [-0.15, -0.1) is 0 Å². The standard InChI is InChI=1S/C69H46N4/c1-69(2)57-28-18-32-63(73-61-31-17-14-27-50(61)53-37-36-52-49-26-13-16-30-60(49)71(66(52)68(53)73)46-21-8-4-9-22-46)64(57)55-35-33-44(42-58(55)69)43-34-40-62-56(41-43)54-39-38-51-48-25-12-15-29-59(48)70(45-19-6-3-7-20-45)65(51)67(54)72(62)47-23-10-5-11-24-47/h3-42H,1-2H3. The minimum Gasteiger partial charge on any atom is -0.307 e. The van der Waals surface area contributed by atoms with Gasteiger partial charge in [-0.25, -0.2) is 0 Å². The van der Waals surface area contributed by atoms with E-state index < -0.39 is 0 Å². The van der Waals surface area contributed by atoms with E-state index in [1.54, 1.807) is 0 Å². The van der Waals surface area contributed by atoms with Crippen molar-refractivity contribution in [1.82, 2.24) is 18.3 Å². The first-order valence-electron chi connectivity index (χ1n) is 25.4. The molecule has 15 aromatic rings. The van der Waals surface area contributed by atoms with Crippen molar-refractivity contribution in [1.29, 1.82) is 0 Å². The average molecular weight is 931 g/mol. The Morgan fingerprint density at radius 1 is 0.274 bits per heavy atom. The Morgan fingerprint density at radius 3 is 1.18 bits per heavy atom. The first kappa shape index (κ1) is 40.4. The fourth-order valence-electron chi connectivity index (χ4n) is 13.2. The molecular weight excluding hydrogens is 885 g/mol. The summed E-state index contributed by atoms with van der Waals surface area (Å²) in [5, 5.41) is 9.97. The van der Waals surface area contributed by atoms with Gasteiger partial charge in [0.1, 0.15) is 0 Å². The highest BCUT2D eigenvalue weighted by atomic mass is 15.1. The molecule has 4 aromatic heterocycles. The Balaban J connectivity index is 0.924. The minimum atomic E-state index is -0.256. The van der Waals surface area contributed by atoms with Crippen molar-refractivity contribution in [3.8, 4) is 45.0 Å². The summed E-state index contributed by atoms with van der Waals surface area (Å²) in [4.78, 5) is 0. The van der Waals surface area contributed by atoms with Crippen LogP contribution < -0.4 is 0 Å². The molecule has 16 rings (SSSR count). The molecule has 0 N–H and O–H groups in total. The van der Waals surface area contributed by atoms with Crippen molar-refractivity contribution in [2.75, 3.05) is 0 Å². The van der Waals surface area contributed by atoms with E-state index in [9.17, 15) is 0 Å². The summed E-state index contributed by atoms with van der Waals surface area (Å²) in [5.41, 5.74) is 21.8. The molecule has 0 amide bonds. The Labute approximate surface area is 421 Å². The summed E-state index contributed by atoms with van der Waals surface area (Å²) in [6.45, 7) is 4.83. The van der Waals surface area contributed by atoms with Gasteiger partial charge < -0.3 is 18.3 Å². The summed E-state index contributed by atoms with van der Waals surface area (Å²) >= 11 is 0. The lowest BCUT2D eigenvalue weighted by Crippen LogP contribution is -2.15. The van der Waals surface area contributed by atoms with Gasteiger partial charge in [-0.05, 0) is 107 Å². The van der Waals surface area contributed by atoms with Crippen molar-refractivity contribution in [3.05, 3.63) is 254 Å². The molecule has 4 heteroatoms. The number of hydrogen-bond donors (Lipinski definition) is 0. The highest BCUT2D eigenvalue weighted by molar-refractivity contribution is 6.25. The highest BCUT2D eigenvalue weighted by Crippen LogP contribution is 2.54. The Bertz CT molecular complexity index is 4790. The largest absolute Gasteiger partial charge is 0.307 e. The van der Waals surface area contributed by atoms with E-state index in [1.165, 1.54) is 126 Å². The minimum absolute atomic E-state index is 0.256. The lowest BCUT2D eigenvalue weighted by atomic mass is 9.81. The number of rotatable bonds is 5. The molecule has 0 atom stereocenters. The fourth-order valence-corrected chi connectivity index (χ4v) is 13.2. The maximum Gasteiger partial charge on any atom is 0.0789 e. The number of fused-ring (bicyclic) bond motifs is 17. The zero-order chi connectivity index (χ0) is 48.1. The van der Waals surface area contributed by atoms with Crippen molar-refractivity contribution < 1.29 is 0 Å². The second-order valence-corrected chi connectivity index (χ2v) is 20.4. The molecule has 0 spiro atoms. The van der Waals surface area contributed by atoms with E-state index in [4.69, 9.17) is 0 Å². The molecule has 0 unspecified atom stereocenters. The number of benzene rings is 11. The molecule has 4 nitrogen and oxygen atoms in total. The van der Waals surface area contributed by atoms with Gasteiger partial charge in [0.05, 0.1) is 49.8 Å². The van der Waals surface area contributed by atoms with Crippen molar-refractivity contribution in [2.45, 2.75) is 19.3 Å². The smallest absolute Gasteiger partial charge is 0.0789 e. The van der Waals surface area contributed by atoms with Gasteiger partial charge in [0, 0.05) is 71.1 Å². The molecule has 0 saturated heterocycles. The first-order valence-corrected chi connectivity index (χ1v) is 25.4. The molecule has 4 heterocycles. The van der Waals surface area contributed by atoms with Gasteiger partial charge in [0.2, 0.25) is 0 Å². The third-order valence-electron chi connectivity index (χ3n) is 16.3. The Hall–Kier alpha value is -9.38. The normalized spacial score (nSPS) is 13.2. The zero-order valence-corrected chi connectivity index (χ0v) is 40.4. The van der Waals surface area contributed by atoms with Gasteiger partial charge >= 0.3 is 0 Å². The SMILES string of the molecule is CC1(C)c2cc(-c3ccc4c(c3)c3ccc5c6ccccc6n(-c6ccccc6)c5c3n4-c3ccccc3)ccc2-c2c(-n3c4ccccc4c4ccc5c6ccccc6n(-c6ccccc6)c5c43)cccc21. The van der Waals surface area contributed by atoms with Crippen molar-refractivity contribution >= 4 is 87.2 Å².